The van der Waals surface area contributed by atoms with Crippen molar-refractivity contribution in [1.82, 2.24) is 15.8 Å². The number of guanidine groups is 1. The molecule has 0 unspecified atom stereocenters. The average molecular weight is 324 g/mol. The van der Waals surface area contributed by atoms with Crippen LogP contribution in [-0.4, -0.2) is 35.8 Å². The summed E-state index contributed by atoms with van der Waals surface area (Å²) in [6, 6.07) is 1.89. The molecule has 0 bridgehead atoms. The Morgan fingerprint density at radius 2 is 2.09 bits per heavy atom. The van der Waals surface area contributed by atoms with Gasteiger partial charge in [0.2, 0.25) is 0 Å². The number of carbonyl (C=O) groups is 1. The first-order valence-corrected chi connectivity index (χ1v) is 7.90. The molecule has 0 radical (unpaired) electrons. The van der Waals surface area contributed by atoms with Gasteiger partial charge in [-0.1, -0.05) is 19.0 Å². The summed E-state index contributed by atoms with van der Waals surface area (Å²) in [5, 5.41) is 10.0. The van der Waals surface area contributed by atoms with Gasteiger partial charge >= 0.3 is 5.97 Å². The highest BCUT2D eigenvalue weighted by Crippen LogP contribution is 2.14. The molecule has 0 aliphatic heterocycles. The number of hydrogen-bond acceptors (Lipinski definition) is 5. The van der Waals surface area contributed by atoms with Crippen LogP contribution in [0.4, 0.5) is 0 Å². The van der Waals surface area contributed by atoms with Crippen LogP contribution in [0.1, 0.15) is 58.9 Å². The Morgan fingerprint density at radius 1 is 1.39 bits per heavy atom. The van der Waals surface area contributed by atoms with Crippen LogP contribution >= 0.6 is 0 Å². The first-order valence-electron chi connectivity index (χ1n) is 7.90. The predicted octanol–water partition coefficient (Wildman–Crippen LogP) is 2.19. The molecule has 0 atom stereocenters. The molecule has 0 aromatic carbocycles. The number of hydrogen-bond donors (Lipinski definition) is 2. The lowest BCUT2D eigenvalue weighted by atomic mass is 10.1. The topological polar surface area (TPSA) is 88.8 Å². The first-order chi connectivity index (χ1) is 10.7. The van der Waals surface area contributed by atoms with E-state index in [1.165, 1.54) is 0 Å². The third-order valence-electron chi connectivity index (χ3n) is 2.73. The van der Waals surface area contributed by atoms with E-state index in [0.717, 1.165) is 5.69 Å². The van der Waals surface area contributed by atoms with Gasteiger partial charge in [-0.2, -0.15) is 0 Å². The summed E-state index contributed by atoms with van der Waals surface area (Å²) in [5.74, 6) is 1.20. The van der Waals surface area contributed by atoms with Crippen LogP contribution in [-0.2, 0) is 16.1 Å². The van der Waals surface area contributed by atoms with Crippen molar-refractivity contribution in [1.29, 1.82) is 0 Å². The molecule has 7 nitrogen and oxygen atoms in total. The van der Waals surface area contributed by atoms with Gasteiger partial charge in [-0.3, -0.25) is 4.79 Å². The van der Waals surface area contributed by atoms with E-state index in [-0.39, 0.29) is 12.5 Å². The fraction of sp³-hybridized carbons (Fsp3) is 0.688. The molecule has 130 valence electrons. The molecule has 0 aliphatic rings. The van der Waals surface area contributed by atoms with E-state index in [0.29, 0.717) is 30.7 Å². The second kappa shape index (κ2) is 8.55. The summed E-state index contributed by atoms with van der Waals surface area (Å²) in [7, 11) is 0. The van der Waals surface area contributed by atoms with Crippen molar-refractivity contribution >= 4 is 11.9 Å². The third-order valence-corrected chi connectivity index (χ3v) is 2.73. The molecule has 0 spiro atoms. The van der Waals surface area contributed by atoms with Crippen molar-refractivity contribution in [3.8, 4) is 0 Å². The number of ether oxygens (including phenoxy) is 1. The molecule has 0 aliphatic carbocycles. The van der Waals surface area contributed by atoms with Crippen molar-refractivity contribution in [2.24, 2.45) is 4.99 Å². The van der Waals surface area contributed by atoms with Crippen molar-refractivity contribution in [3.05, 3.63) is 17.5 Å². The van der Waals surface area contributed by atoms with Gasteiger partial charge in [0, 0.05) is 12.6 Å². The molecular formula is C16H28N4O3. The Morgan fingerprint density at radius 3 is 2.61 bits per heavy atom. The fourth-order valence-electron chi connectivity index (χ4n) is 1.71. The van der Waals surface area contributed by atoms with E-state index < -0.39 is 5.60 Å². The number of nitrogens with zero attached hydrogens (tertiary/aromatic N) is 2. The zero-order valence-corrected chi connectivity index (χ0v) is 14.9. The predicted molar refractivity (Wildman–Crippen MR) is 89.3 cm³/mol. The summed E-state index contributed by atoms with van der Waals surface area (Å²) in [6.07, 6.45) is 0. The lowest BCUT2D eigenvalue weighted by molar-refractivity contribution is -0.153. The highest BCUT2D eigenvalue weighted by Gasteiger charge is 2.16. The Bertz CT molecular complexity index is 530. The van der Waals surface area contributed by atoms with Gasteiger partial charge in [0.15, 0.2) is 11.7 Å². The maximum absolute atomic E-state index is 11.7. The van der Waals surface area contributed by atoms with E-state index >= 15 is 0 Å². The highest BCUT2D eigenvalue weighted by molar-refractivity contribution is 5.84. The van der Waals surface area contributed by atoms with Crippen molar-refractivity contribution in [2.75, 3.05) is 13.1 Å². The van der Waals surface area contributed by atoms with E-state index in [9.17, 15) is 4.79 Å². The van der Waals surface area contributed by atoms with Crippen LogP contribution in [0.5, 0.6) is 0 Å². The van der Waals surface area contributed by atoms with Gasteiger partial charge in [0.1, 0.15) is 18.7 Å². The summed E-state index contributed by atoms with van der Waals surface area (Å²) in [5.41, 5.74) is 0.406. The Labute approximate surface area is 137 Å². The lowest BCUT2D eigenvalue weighted by Crippen LogP contribution is -2.41. The molecule has 0 fully saturated rings. The quantitative estimate of drug-likeness (QED) is 0.474. The van der Waals surface area contributed by atoms with Crippen LogP contribution in [0.3, 0.4) is 0 Å². The number of esters is 1. The number of carbonyl (C=O) groups excluding carboxylic acids is 1. The van der Waals surface area contributed by atoms with Crippen LogP contribution < -0.4 is 10.6 Å². The van der Waals surface area contributed by atoms with Crippen LogP contribution in [0.15, 0.2) is 15.6 Å². The SMILES string of the molecule is CCNC(=NCc1cc(C(C)C)no1)NCC(=O)OC(C)(C)C. The summed E-state index contributed by atoms with van der Waals surface area (Å²) < 4.78 is 10.5. The molecule has 1 aromatic rings. The van der Waals surface area contributed by atoms with E-state index in [1.54, 1.807) is 0 Å². The molecule has 7 heteroatoms. The fourth-order valence-corrected chi connectivity index (χ4v) is 1.71. The number of aliphatic imine (C=N–C) groups is 1. The van der Waals surface area contributed by atoms with E-state index in [2.05, 4.69) is 34.6 Å². The van der Waals surface area contributed by atoms with Crippen LogP contribution in [0.2, 0.25) is 0 Å². The second-order valence-electron chi connectivity index (χ2n) is 6.51. The normalized spacial score (nSPS) is 12.4. The largest absolute Gasteiger partial charge is 0.459 e. The molecule has 23 heavy (non-hydrogen) atoms. The number of rotatable bonds is 6. The molecule has 2 N–H and O–H groups in total. The minimum absolute atomic E-state index is 0.0523. The van der Waals surface area contributed by atoms with Crippen molar-refractivity contribution in [3.63, 3.8) is 0 Å². The Hall–Kier alpha value is -2.05. The smallest absolute Gasteiger partial charge is 0.325 e. The highest BCUT2D eigenvalue weighted by atomic mass is 16.6. The van der Waals surface area contributed by atoms with E-state index in [4.69, 9.17) is 9.26 Å². The summed E-state index contributed by atoms with van der Waals surface area (Å²) in [4.78, 5) is 16.1. The summed E-state index contributed by atoms with van der Waals surface area (Å²) in [6.45, 7) is 12.7. The van der Waals surface area contributed by atoms with Crippen molar-refractivity contribution in [2.45, 2.75) is 59.6 Å². The number of nitrogens with one attached hydrogen (secondary N) is 2. The maximum Gasteiger partial charge on any atom is 0.325 e. The maximum atomic E-state index is 11.7. The second-order valence-corrected chi connectivity index (χ2v) is 6.51. The van der Waals surface area contributed by atoms with Gasteiger partial charge in [-0.25, -0.2) is 4.99 Å². The minimum Gasteiger partial charge on any atom is -0.459 e. The zero-order chi connectivity index (χ0) is 17.5. The molecule has 1 rings (SSSR count). The third kappa shape index (κ3) is 7.67. The minimum atomic E-state index is -0.499. The lowest BCUT2D eigenvalue weighted by Gasteiger charge is -2.20. The first kappa shape index (κ1) is 19.0. The Kier molecular flexibility index (Phi) is 7.06. The number of aromatic nitrogens is 1. The van der Waals surface area contributed by atoms with Gasteiger partial charge < -0.3 is 19.9 Å². The molecular weight excluding hydrogens is 296 g/mol. The van der Waals surface area contributed by atoms with Crippen LogP contribution in [0, 0.1) is 0 Å². The average Bonchev–Trinajstić information content (AvgIpc) is 2.89. The van der Waals surface area contributed by atoms with Gasteiger partial charge in [0.25, 0.3) is 0 Å². The standard InChI is InChI=1S/C16H28N4O3/c1-7-17-15(19-10-14(21)22-16(4,5)6)18-9-12-8-13(11(2)3)20-23-12/h8,11H,7,9-10H2,1-6H3,(H2,17,18,19). The van der Waals surface area contributed by atoms with Gasteiger partial charge in [-0.05, 0) is 33.6 Å². The molecule has 0 saturated carbocycles. The molecule has 0 amide bonds. The van der Waals surface area contributed by atoms with E-state index in [1.807, 2.05) is 33.8 Å². The monoisotopic (exact) mass is 324 g/mol. The summed E-state index contributed by atoms with van der Waals surface area (Å²) >= 11 is 0. The Balaban J connectivity index is 2.57. The molecule has 1 aromatic heterocycles. The van der Waals surface area contributed by atoms with Gasteiger partial charge in [-0.15, -0.1) is 0 Å². The van der Waals surface area contributed by atoms with Crippen molar-refractivity contribution < 1.29 is 14.1 Å². The molecule has 0 saturated heterocycles. The molecule has 1 heterocycles. The van der Waals surface area contributed by atoms with Crippen LogP contribution in [0.25, 0.3) is 0 Å². The zero-order valence-electron chi connectivity index (χ0n) is 14.9. The van der Waals surface area contributed by atoms with Gasteiger partial charge in [0.05, 0.1) is 5.69 Å².